The van der Waals surface area contributed by atoms with Crippen molar-refractivity contribution in [2.75, 3.05) is 23.7 Å². The highest BCUT2D eigenvalue weighted by atomic mass is 19.3. The summed E-state index contributed by atoms with van der Waals surface area (Å²) in [5.41, 5.74) is 6.63. The minimum Gasteiger partial charge on any atom is -0.431 e. The Morgan fingerprint density at radius 1 is 1.19 bits per heavy atom. The zero-order chi connectivity index (χ0) is 18.3. The fourth-order valence-electron chi connectivity index (χ4n) is 3.00. The number of pyridine rings is 1. The normalized spacial score (nSPS) is 20.0. The van der Waals surface area contributed by atoms with Crippen molar-refractivity contribution in [3.05, 3.63) is 24.2 Å². The van der Waals surface area contributed by atoms with Crippen LogP contribution in [0.2, 0.25) is 0 Å². The molecule has 0 bridgehead atoms. The number of anilines is 2. The van der Waals surface area contributed by atoms with Crippen molar-refractivity contribution in [3.8, 4) is 17.0 Å². The molecule has 2 aliphatic rings. The van der Waals surface area contributed by atoms with E-state index in [1.807, 2.05) is 4.90 Å². The second-order valence-corrected chi connectivity index (χ2v) is 6.56. The van der Waals surface area contributed by atoms with Gasteiger partial charge in [-0.05, 0) is 25.3 Å². The Bertz CT molecular complexity index is 815. The van der Waals surface area contributed by atoms with E-state index in [1.165, 1.54) is 12.3 Å². The average molecular weight is 365 g/mol. The average Bonchev–Trinajstić information content (AvgIpc) is 3.37. The number of hydrogen-bond donors (Lipinski definition) is 1. The predicted molar refractivity (Wildman–Crippen MR) is 90.0 cm³/mol. The summed E-state index contributed by atoms with van der Waals surface area (Å²) in [6.07, 6.45) is 3.07. The fourth-order valence-corrected chi connectivity index (χ4v) is 3.00. The molecule has 0 radical (unpaired) electrons. The number of alkyl halides is 3. The maximum atomic E-state index is 13.6. The summed E-state index contributed by atoms with van der Waals surface area (Å²) in [5, 5.41) is 0. The largest absolute Gasteiger partial charge is 0.431 e. The molecule has 1 atom stereocenters. The second-order valence-electron chi connectivity index (χ2n) is 6.56. The van der Waals surface area contributed by atoms with Gasteiger partial charge in [-0.2, -0.15) is 8.78 Å². The van der Waals surface area contributed by atoms with Gasteiger partial charge in [0.25, 0.3) is 0 Å². The zero-order valence-corrected chi connectivity index (χ0v) is 13.9. The number of nitrogens with zero attached hydrogens (tertiary/aromatic N) is 4. The van der Waals surface area contributed by atoms with Gasteiger partial charge in [-0.3, -0.25) is 0 Å². The predicted octanol–water partition coefficient (Wildman–Crippen LogP) is 3.15. The van der Waals surface area contributed by atoms with Gasteiger partial charge in [0, 0.05) is 30.3 Å². The number of hydrogen-bond acceptors (Lipinski definition) is 6. The minimum atomic E-state index is -3.00. The molecule has 1 aliphatic carbocycles. The molecular weight excluding hydrogens is 347 g/mol. The molecule has 1 saturated carbocycles. The molecule has 0 aromatic carbocycles. The van der Waals surface area contributed by atoms with E-state index in [0.29, 0.717) is 42.4 Å². The van der Waals surface area contributed by atoms with Crippen LogP contribution in [0.3, 0.4) is 0 Å². The van der Waals surface area contributed by atoms with E-state index in [-0.39, 0.29) is 17.5 Å². The maximum Gasteiger partial charge on any atom is 0.387 e. The molecule has 0 amide bonds. The molecule has 3 heterocycles. The van der Waals surface area contributed by atoms with Crippen molar-refractivity contribution < 1.29 is 17.9 Å². The molecular formula is C17H18F3N5O. The molecule has 138 valence electrons. The van der Waals surface area contributed by atoms with Gasteiger partial charge >= 0.3 is 6.61 Å². The molecule has 2 N–H and O–H groups in total. The molecule has 26 heavy (non-hydrogen) atoms. The number of nitrogens with two attached hydrogens (primary N) is 1. The smallest absolute Gasteiger partial charge is 0.387 e. The lowest BCUT2D eigenvalue weighted by molar-refractivity contribution is -0.0494. The number of aromatic nitrogens is 3. The van der Waals surface area contributed by atoms with Crippen LogP contribution in [0.25, 0.3) is 11.3 Å². The molecule has 2 aromatic heterocycles. The topological polar surface area (TPSA) is 77.2 Å². The first-order chi connectivity index (χ1) is 12.5. The van der Waals surface area contributed by atoms with Crippen molar-refractivity contribution in [1.29, 1.82) is 0 Å². The number of ether oxygens (including phenoxy) is 1. The summed E-state index contributed by atoms with van der Waals surface area (Å²) in [6, 6.07) is 3.11. The minimum absolute atomic E-state index is 0.120. The molecule has 1 aliphatic heterocycles. The summed E-state index contributed by atoms with van der Waals surface area (Å²) in [5.74, 6) is 1.30. The van der Waals surface area contributed by atoms with Gasteiger partial charge in [-0.1, -0.05) is 0 Å². The van der Waals surface area contributed by atoms with Crippen LogP contribution in [0.4, 0.5) is 24.8 Å². The van der Waals surface area contributed by atoms with E-state index in [0.717, 1.165) is 12.8 Å². The quantitative estimate of drug-likeness (QED) is 0.877. The van der Waals surface area contributed by atoms with Crippen LogP contribution in [0.15, 0.2) is 18.3 Å². The third kappa shape index (κ3) is 3.51. The van der Waals surface area contributed by atoms with E-state index in [1.54, 1.807) is 6.07 Å². The van der Waals surface area contributed by atoms with E-state index in [4.69, 9.17) is 5.73 Å². The van der Waals surface area contributed by atoms with E-state index in [2.05, 4.69) is 19.7 Å². The summed E-state index contributed by atoms with van der Waals surface area (Å²) < 4.78 is 43.1. The van der Waals surface area contributed by atoms with Gasteiger partial charge in [0.15, 0.2) is 11.6 Å². The van der Waals surface area contributed by atoms with E-state index in [9.17, 15) is 13.2 Å². The standard InChI is InChI=1S/C17H18F3N5O/c18-11-3-4-25(8-11)14-6-12(23-16(24-14)9-1-2-9)10-5-13(26-17(19)20)15(21)22-7-10/h5-7,9,11,17H,1-4,8H2,(H2,21,22). The number of nitrogen functional groups attached to an aromatic ring is 1. The molecule has 9 heteroatoms. The molecule has 2 aromatic rings. The van der Waals surface area contributed by atoms with Gasteiger partial charge in [0.1, 0.15) is 17.8 Å². The van der Waals surface area contributed by atoms with E-state index >= 15 is 0 Å². The third-order valence-corrected chi connectivity index (χ3v) is 4.52. The highest BCUT2D eigenvalue weighted by molar-refractivity contribution is 5.66. The molecule has 0 spiro atoms. The van der Waals surface area contributed by atoms with Crippen molar-refractivity contribution >= 4 is 11.6 Å². The van der Waals surface area contributed by atoms with Crippen LogP contribution in [0.1, 0.15) is 31.0 Å². The van der Waals surface area contributed by atoms with Crippen molar-refractivity contribution in [3.63, 3.8) is 0 Å². The Hall–Kier alpha value is -2.58. The Morgan fingerprint density at radius 3 is 2.65 bits per heavy atom. The Morgan fingerprint density at radius 2 is 2.00 bits per heavy atom. The van der Waals surface area contributed by atoms with Gasteiger partial charge in [0.05, 0.1) is 12.2 Å². The van der Waals surface area contributed by atoms with Gasteiger partial charge in [0.2, 0.25) is 0 Å². The Kier molecular flexibility index (Phi) is 4.29. The summed E-state index contributed by atoms with van der Waals surface area (Å²) in [7, 11) is 0. The lowest BCUT2D eigenvalue weighted by atomic mass is 10.2. The van der Waals surface area contributed by atoms with Crippen LogP contribution in [-0.4, -0.2) is 40.8 Å². The van der Waals surface area contributed by atoms with Crippen LogP contribution >= 0.6 is 0 Å². The first-order valence-electron chi connectivity index (χ1n) is 8.48. The van der Waals surface area contributed by atoms with Crippen molar-refractivity contribution in [2.24, 2.45) is 0 Å². The zero-order valence-electron chi connectivity index (χ0n) is 13.9. The van der Waals surface area contributed by atoms with Crippen molar-refractivity contribution in [1.82, 2.24) is 15.0 Å². The summed E-state index contributed by atoms with van der Waals surface area (Å²) >= 11 is 0. The molecule has 4 rings (SSSR count). The van der Waals surface area contributed by atoms with Gasteiger partial charge < -0.3 is 15.4 Å². The van der Waals surface area contributed by atoms with Gasteiger partial charge in [-0.25, -0.2) is 19.3 Å². The highest BCUT2D eigenvalue weighted by Crippen LogP contribution is 2.40. The number of rotatable bonds is 5. The molecule has 6 nitrogen and oxygen atoms in total. The molecule has 1 unspecified atom stereocenters. The summed E-state index contributed by atoms with van der Waals surface area (Å²) in [4.78, 5) is 14.9. The second kappa shape index (κ2) is 6.62. The van der Waals surface area contributed by atoms with Crippen LogP contribution in [0.5, 0.6) is 5.75 Å². The lowest BCUT2D eigenvalue weighted by Gasteiger charge is -2.18. The summed E-state index contributed by atoms with van der Waals surface area (Å²) in [6.45, 7) is -2.12. The van der Waals surface area contributed by atoms with Crippen LogP contribution in [-0.2, 0) is 0 Å². The van der Waals surface area contributed by atoms with Crippen LogP contribution < -0.4 is 15.4 Å². The Balaban J connectivity index is 1.72. The highest BCUT2D eigenvalue weighted by Gasteiger charge is 2.30. The third-order valence-electron chi connectivity index (χ3n) is 4.52. The monoisotopic (exact) mass is 365 g/mol. The fraction of sp³-hybridized carbons (Fsp3) is 0.471. The maximum absolute atomic E-state index is 13.6. The molecule has 1 saturated heterocycles. The van der Waals surface area contributed by atoms with Crippen LogP contribution in [0, 0.1) is 0 Å². The lowest BCUT2D eigenvalue weighted by Crippen LogP contribution is -2.22. The molecule has 2 fully saturated rings. The van der Waals surface area contributed by atoms with Gasteiger partial charge in [-0.15, -0.1) is 0 Å². The first-order valence-corrected chi connectivity index (χ1v) is 8.48. The Labute approximate surface area is 148 Å². The van der Waals surface area contributed by atoms with Crippen molar-refractivity contribution in [2.45, 2.75) is 38.0 Å². The van der Waals surface area contributed by atoms with E-state index < -0.39 is 12.8 Å². The first kappa shape index (κ1) is 16.9. The SMILES string of the molecule is Nc1ncc(-c2cc(N3CCC(F)C3)nc(C3CC3)n2)cc1OC(F)F. The number of halogens is 3.